The maximum absolute atomic E-state index is 6.33. The van der Waals surface area contributed by atoms with Gasteiger partial charge in [-0.15, -0.1) is 0 Å². The van der Waals surface area contributed by atoms with Crippen LogP contribution in [0.2, 0.25) is 10.0 Å². The van der Waals surface area contributed by atoms with Crippen LogP contribution in [0.3, 0.4) is 0 Å². The molecule has 2 heterocycles. The van der Waals surface area contributed by atoms with Gasteiger partial charge in [0.1, 0.15) is 0 Å². The number of fused-ring (bicyclic) bond motifs is 3. The largest absolute Gasteiger partial charge is 0.337 e. The Balaban J connectivity index is 1.57. The van der Waals surface area contributed by atoms with Crippen molar-refractivity contribution in [1.82, 2.24) is 4.90 Å². The minimum Gasteiger partial charge on any atom is -0.337 e. The predicted molar refractivity (Wildman–Crippen MR) is 101 cm³/mol. The fraction of sp³-hybridized carbons (Fsp3) is 0.400. The van der Waals surface area contributed by atoms with Gasteiger partial charge in [-0.1, -0.05) is 23.2 Å². The molecule has 1 saturated carbocycles. The first kappa shape index (κ1) is 15.1. The molecule has 5 rings (SSSR count). The first-order valence-corrected chi connectivity index (χ1v) is 9.54. The predicted octanol–water partition coefficient (Wildman–Crippen LogP) is 5.47. The second kappa shape index (κ2) is 5.66. The van der Waals surface area contributed by atoms with Crippen molar-refractivity contribution in [1.29, 1.82) is 0 Å². The minimum absolute atomic E-state index is 0.523. The Kier molecular flexibility index (Phi) is 3.55. The lowest BCUT2D eigenvalue weighted by Gasteiger charge is -2.39. The van der Waals surface area contributed by atoms with E-state index in [2.05, 4.69) is 34.1 Å². The third-order valence-electron chi connectivity index (χ3n) is 5.76. The summed E-state index contributed by atoms with van der Waals surface area (Å²) in [5.74, 6) is 0.545. The van der Waals surface area contributed by atoms with Gasteiger partial charge >= 0.3 is 0 Å². The normalized spacial score (nSPS) is 26.3. The van der Waals surface area contributed by atoms with Crippen LogP contribution < -0.4 is 4.90 Å². The molecule has 1 aliphatic carbocycles. The van der Waals surface area contributed by atoms with Crippen LogP contribution >= 0.6 is 23.2 Å². The summed E-state index contributed by atoms with van der Waals surface area (Å²) in [5.41, 5.74) is 3.96. The van der Waals surface area contributed by atoms with E-state index >= 15 is 0 Å². The van der Waals surface area contributed by atoms with E-state index < -0.39 is 0 Å². The van der Waals surface area contributed by atoms with Gasteiger partial charge in [-0.2, -0.15) is 0 Å². The first-order valence-electron chi connectivity index (χ1n) is 8.79. The van der Waals surface area contributed by atoms with E-state index in [1.165, 1.54) is 42.7 Å². The van der Waals surface area contributed by atoms with Crippen molar-refractivity contribution in [2.24, 2.45) is 0 Å². The second-order valence-electron chi connectivity index (χ2n) is 7.24. The standard InChI is InChI=1S/C20H20Cl2N2/c21-13-1-4-16(5-2-13)24-19-8-3-14(22)11-17(19)18-12-23(15-6-7-15)10-9-20(18)24/h1-5,8,11,15,18,20H,6-7,9-10,12H2/t18-,20+/m0/s1. The molecule has 0 aromatic heterocycles. The molecular formula is C20H20Cl2N2. The first-order chi connectivity index (χ1) is 11.7. The Morgan fingerprint density at radius 1 is 0.875 bits per heavy atom. The lowest BCUT2D eigenvalue weighted by atomic mass is 9.89. The van der Waals surface area contributed by atoms with E-state index in [0.717, 1.165) is 22.6 Å². The average Bonchev–Trinajstić information content (AvgIpc) is 3.39. The molecular weight excluding hydrogens is 339 g/mol. The summed E-state index contributed by atoms with van der Waals surface area (Å²) in [6.07, 6.45) is 3.96. The van der Waals surface area contributed by atoms with Gasteiger partial charge < -0.3 is 4.90 Å². The quantitative estimate of drug-likeness (QED) is 0.702. The lowest BCUT2D eigenvalue weighted by Crippen LogP contribution is -2.45. The number of hydrogen-bond acceptors (Lipinski definition) is 2. The summed E-state index contributed by atoms with van der Waals surface area (Å²) in [7, 11) is 0. The number of likely N-dealkylation sites (tertiary alicyclic amines) is 1. The monoisotopic (exact) mass is 358 g/mol. The SMILES string of the molecule is Clc1ccc(N2c3ccc(Cl)cc3[C@@H]3CN(C4CC4)CC[C@H]32)cc1. The molecule has 2 aromatic rings. The lowest BCUT2D eigenvalue weighted by molar-refractivity contribution is 0.188. The van der Waals surface area contributed by atoms with Crippen LogP contribution in [0.4, 0.5) is 11.4 Å². The Hall–Kier alpha value is -1.22. The van der Waals surface area contributed by atoms with Crippen molar-refractivity contribution >= 4 is 34.6 Å². The average molecular weight is 359 g/mol. The van der Waals surface area contributed by atoms with Crippen molar-refractivity contribution in [3.63, 3.8) is 0 Å². The molecule has 0 unspecified atom stereocenters. The molecule has 0 spiro atoms. The van der Waals surface area contributed by atoms with Crippen LogP contribution in [0.15, 0.2) is 42.5 Å². The molecule has 2 atom stereocenters. The van der Waals surface area contributed by atoms with Gasteiger partial charge in [0.25, 0.3) is 0 Å². The summed E-state index contributed by atoms with van der Waals surface area (Å²) < 4.78 is 0. The number of nitrogens with zero attached hydrogens (tertiary/aromatic N) is 2. The number of hydrogen-bond donors (Lipinski definition) is 0. The zero-order valence-electron chi connectivity index (χ0n) is 13.5. The summed E-state index contributed by atoms with van der Waals surface area (Å²) in [4.78, 5) is 5.20. The zero-order valence-corrected chi connectivity index (χ0v) is 15.0. The van der Waals surface area contributed by atoms with Crippen LogP contribution in [-0.4, -0.2) is 30.1 Å². The van der Waals surface area contributed by atoms with Crippen molar-refractivity contribution in [3.8, 4) is 0 Å². The molecule has 2 fully saturated rings. The van der Waals surface area contributed by atoms with Gasteiger partial charge in [0.05, 0.1) is 0 Å². The highest BCUT2D eigenvalue weighted by Crippen LogP contribution is 2.50. The zero-order chi connectivity index (χ0) is 16.3. The third kappa shape index (κ3) is 2.44. The molecule has 0 N–H and O–H groups in total. The number of benzene rings is 2. The highest BCUT2D eigenvalue weighted by molar-refractivity contribution is 6.31. The molecule has 3 aliphatic rings. The van der Waals surface area contributed by atoms with Crippen molar-refractivity contribution < 1.29 is 0 Å². The topological polar surface area (TPSA) is 6.48 Å². The van der Waals surface area contributed by atoms with E-state index in [4.69, 9.17) is 23.2 Å². The van der Waals surface area contributed by atoms with E-state index in [1.54, 1.807) is 0 Å². The summed E-state index contributed by atoms with van der Waals surface area (Å²) in [5, 5.41) is 1.63. The molecule has 2 aliphatic heterocycles. The summed E-state index contributed by atoms with van der Waals surface area (Å²) >= 11 is 12.4. The summed E-state index contributed by atoms with van der Waals surface area (Å²) in [6.45, 7) is 2.37. The molecule has 0 amide bonds. The molecule has 2 nitrogen and oxygen atoms in total. The molecule has 0 bridgehead atoms. The van der Waals surface area contributed by atoms with Crippen LogP contribution in [0, 0.1) is 0 Å². The maximum Gasteiger partial charge on any atom is 0.0451 e. The number of anilines is 2. The van der Waals surface area contributed by atoms with Gasteiger partial charge in [0, 0.05) is 52.5 Å². The number of rotatable bonds is 2. The highest BCUT2D eigenvalue weighted by atomic mass is 35.5. The van der Waals surface area contributed by atoms with E-state index in [9.17, 15) is 0 Å². The smallest absolute Gasteiger partial charge is 0.0451 e. The highest BCUT2D eigenvalue weighted by Gasteiger charge is 2.45. The van der Waals surface area contributed by atoms with Gasteiger partial charge in [0.2, 0.25) is 0 Å². The number of piperidine rings is 1. The Morgan fingerprint density at radius 2 is 1.62 bits per heavy atom. The molecule has 1 saturated heterocycles. The maximum atomic E-state index is 6.33. The number of halogens is 2. The molecule has 0 radical (unpaired) electrons. The van der Waals surface area contributed by atoms with Gasteiger partial charge in [-0.05, 0) is 67.3 Å². The van der Waals surface area contributed by atoms with Crippen molar-refractivity contribution in [2.45, 2.75) is 37.3 Å². The molecule has 124 valence electrons. The van der Waals surface area contributed by atoms with Gasteiger partial charge in [-0.3, -0.25) is 4.90 Å². The van der Waals surface area contributed by atoms with Gasteiger partial charge in [-0.25, -0.2) is 0 Å². The van der Waals surface area contributed by atoms with Crippen molar-refractivity contribution in [2.75, 3.05) is 18.0 Å². The molecule has 24 heavy (non-hydrogen) atoms. The van der Waals surface area contributed by atoms with Crippen LogP contribution in [-0.2, 0) is 0 Å². The van der Waals surface area contributed by atoms with Gasteiger partial charge in [0.15, 0.2) is 0 Å². The summed E-state index contributed by atoms with van der Waals surface area (Å²) in [6, 6.07) is 16.0. The van der Waals surface area contributed by atoms with Crippen LogP contribution in [0.5, 0.6) is 0 Å². The second-order valence-corrected chi connectivity index (χ2v) is 8.11. The minimum atomic E-state index is 0.523. The Bertz CT molecular complexity index is 770. The molecule has 4 heteroatoms. The Morgan fingerprint density at radius 3 is 2.38 bits per heavy atom. The fourth-order valence-corrected chi connectivity index (χ4v) is 4.81. The Labute approximate surface area is 153 Å². The van der Waals surface area contributed by atoms with E-state index in [-0.39, 0.29) is 0 Å². The van der Waals surface area contributed by atoms with Crippen molar-refractivity contribution in [3.05, 3.63) is 58.1 Å². The van der Waals surface area contributed by atoms with Crippen LogP contribution in [0.1, 0.15) is 30.7 Å². The van der Waals surface area contributed by atoms with E-state index in [0.29, 0.717) is 12.0 Å². The van der Waals surface area contributed by atoms with Crippen LogP contribution in [0.25, 0.3) is 0 Å². The third-order valence-corrected chi connectivity index (χ3v) is 6.24. The van der Waals surface area contributed by atoms with E-state index in [1.807, 2.05) is 18.2 Å². The molecule has 2 aromatic carbocycles. The fourth-order valence-electron chi connectivity index (χ4n) is 4.50.